The fourth-order valence-corrected chi connectivity index (χ4v) is 0. The first kappa shape index (κ1) is 24.8. The Hall–Kier alpha value is 2.88. The maximum atomic E-state index is 7.94. The molecule has 0 aromatic rings. The monoisotopic (exact) mass is 214 g/mol. The van der Waals surface area contributed by atoms with Crippen molar-refractivity contribution in [2.24, 2.45) is 0 Å². The van der Waals surface area contributed by atoms with Gasteiger partial charge in [0.1, 0.15) is 0 Å². The van der Waals surface area contributed by atoms with Crippen molar-refractivity contribution in [3.8, 4) is 0 Å². The van der Waals surface area contributed by atoms with Crippen LogP contribution in [0.15, 0.2) is 0 Å². The summed E-state index contributed by atoms with van der Waals surface area (Å²) < 4.78 is 7.94. The van der Waals surface area contributed by atoms with Crippen LogP contribution in [0.1, 0.15) is 0 Å². The zero-order valence-corrected chi connectivity index (χ0v) is 6.67. The summed E-state index contributed by atoms with van der Waals surface area (Å²) in [5.74, 6) is 0. The molecule has 5 heavy (non-hydrogen) atoms. The molecule has 26 valence electrons. The summed E-state index contributed by atoms with van der Waals surface area (Å²) in [6.07, 6.45) is 0. The van der Waals surface area contributed by atoms with Gasteiger partial charge in [0.15, 0.2) is 0 Å². The van der Waals surface area contributed by atoms with Gasteiger partial charge in [-0.1, -0.05) is 0 Å². The molecule has 0 rings (SSSR count). The van der Waals surface area contributed by atoms with Gasteiger partial charge >= 0.3 is 51.4 Å². The third-order valence-electron chi connectivity index (χ3n) is 0. The Labute approximate surface area is 99.3 Å². The molecule has 0 amide bonds. The molecular formula is HCuKOPZn. The Morgan fingerprint density at radius 1 is 1.20 bits per heavy atom. The van der Waals surface area contributed by atoms with Crippen molar-refractivity contribution in [3.63, 3.8) is 0 Å². The molecule has 0 aliphatic rings. The molecule has 0 heterocycles. The number of hydrogen-bond acceptors (Lipinski definition) is 1. The Morgan fingerprint density at radius 3 is 1.20 bits per heavy atom. The Morgan fingerprint density at radius 2 is 1.20 bits per heavy atom. The smallest absolute Gasteiger partial charge is 0 e. The molecule has 2 radical (unpaired) electrons. The van der Waals surface area contributed by atoms with Gasteiger partial charge in [-0.15, -0.1) is 0 Å². The van der Waals surface area contributed by atoms with E-state index in [2.05, 4.69) is 9.12 Å². The Bertz CT molecular complexity index is 11.6. The summed E-state index contributed by atoms with van der Waals surface area (Å²) in [5, 5.41) is 0. The van der Waals surface area contributed by atoms with Gasteiger partial charge in [-0.25, -0.2) is 0 Å². The average Bonchev–Trinajstić information content (AvgIpc) is 1.00. The van der Waals surface area contributed by atoms with Gasteiger partial charge in [-0.05, 0) is 0 Å². The molecule has 0 aromatic carbocycles. The van der Waals surface area contributed by atoms with E-state index >= 15 is 0 Å². The molecule has 0 spiro atoms. The van der Waals surface area contributed by atoms with Gasteiger partial charge in [0.25, 0.3) is 9.12 Å². The van der Waals surface area contributed by atoms with Gasteiger partial charge in [-0.3, -0.25) is 4.57 Å². The summed E-state index contributed by atoms with van der Waals surface area (Å²) in [7, 11) is 2.28. The molecule has 0 fully saturated rings. The van der Waals surface area contributed by atoms with E-state index in [-0.39, 0.29) is 87.9 Å². The standard InChI is InChI=1S/Cu.K.OP.Zn.H/c;;1-2;;. The first-order valence-corrected chi connectivity index (χ1v) is 0.548. The minimum atomic E-state index is 0. The Balaban J connectivity index is -0.00000000167. The second-order valence-electron chi connectivity index (χ2n) is 0. The molecular weight excluding hydrogens is 215 g/mol. The average molecular weight is 216 g/mol. The second-order valence-corrected chi connectivity index (χ2v) is 0. The van der Waals surface area contributed by atoms with Gasteiger partial charge < -0.3 is 0 Å². The normalized spacial score (nSPS) is 0.800. The number of rotatable bonds is 0. The van der Waals surface area contributed by atoms with Gasteiger partial charge in [0.2, 0.25) is 0 Å². The van der Waals surface area contributed by atoms with Crippen LogP contribution in [0, 0.1) is 0 Å². The predicted octanol–water partition coefficient (Wildman–Crippen LogP) is 0.0889. The summed E-state index contributed by atoms with van der Waals surface area (Å²) in [6, 6.07) is 0. The van der Waals surface area contributed by atoms with Gasteiger partial charge in [-0.2, -0.15) is 0 Å². The van der Waals surface area contributed by atoms with E-state index in [4.69, 9.17) is 4.57 Å². The quantitative estimate of drug-likeness (QED) is 0.414. The molecule has 0 aromatic heterocycles. The molecule has 0 atom stereocenters. The maximum Gasteiger partial charge on any atom is 0 e. The van der Waals surface area contributed by atoms with Gasteiger partial charge in [0.05, 0.1) is 0 Å². The van der Waals surface area contributed by atoms with E-state index in [1.807, 2.05) is 0 Å². The van der Waals surface area contributed by atoms with Gasteiger partial charge in [0, 0.05) is 36.5 Å². The van der Waals surface area contributed by atoms with Crippen molar-refractivity contribution >= 4 is 60.5 Å². The van der Waals surface area contributed by atoms with E-state index < -0.39 is 0 Å². The van der Waals surface area contributed by atoms with E-state index in [9.17, 15) is 0 Å². The molecule has 0 unspecified atom stereocenters. The predicted molar refractivity (Wildman–Crippen MR) is 14.8 cm³/mol. The fourth-order valence-electron chi connectivity index (χ4n) is 0. The van der Waals surface area contributed by atoms with Crippen molar-refractivity contribution in [1.82, 2.24) is 0 Å². The third kappa shape index (κ3) is 19.8. The van der Waals surface area contributed by atoms with Crippen LogP contribution in [0.4, 0.5) is 0 Å². The molecule has 1 nitrogen and oxygen atoms in total. The minimum absolute atomic E-state index is 0. The van der Waals surface area contributed by atoms with Crippen molar-refractivity contribution in [2.45, 2.75) is 0 Å². The van der Waals surface area contributed by atoms with Crippen LogP contribution in [0.2, 0.25) is 0 Å². The number of hydrogen-bond donors (Lipinski definition) is 0. The van der Waals surface area contributed by atoms with E-state index in [0.717, 1.165) is 0 Å². The molecule has 0 N–H and O–H groups in total. The SMILES string of the molecule is O=[P].[Cu].[KH].[Zn]. The maximum absolute atomic E-state index is 7.94. The largest absolute Gasteiger partial charge is 0 e. The van der Waals surface area contributed by atoms with Crippen LogP contribution in [0.5, 0.6) is 0 Å². The van der Waals surface area contributed by atoms with Crippen LogP contribution in [0.25, 0.3) is 0 Å². The zero-order chi connectivity index (χ0) is 2.00. The molecule has 5 heteroatoms. The summed E-state index contributed by atoms with van der Waals surface area (Å²) in [5.41, 5.74) is 0. The van der Waals surface area contributed by atoms with E-state index in [0.29, 0.717) is 0 Å². The minimum Gasteiger partial charge on any atom is 0 e. The molecule has 0 saturated heterocycles. The summed E-state index contributed by atoms with van der Waals surface area (Å²) in [6.45, 7) is 0. The van der Waals surface area contributed by atoms with Crippen LogP contribution in [-0.4, -0.2) is 51.4 Å². The van der Waals surface area contributed by atoms with Crippen LogP contribution >= 0.6 is 9.12 Å². The van der Waals surface area contributed by atoms with Crippen molar-refractivity contribution in [2.75, 3.05) is 0 Å². The van der Waals surface area contributed by atoms with Crippen molar-refractivity contribution in [3.05, 3.63) is 0 Å². The Kier molecular flexibility index (Phi) is 142. The van der Waals surface area contributed by atoms with Crippen molar-refractivity contribution in [1.29, 1.82) is 0 Å². The van der Waals surface area contributed by atoms with Crippen LogP contribution < -0.4 is 0 Å². The molecule has 0 aliphatic carbocycles. The summed E-state index contributed by atoms with van der Waals surface area (Å²) in [4.78, 5) is 0. The van der Waals surface area contributed by atoms with Crippen molar-refractivity contribution < 1.29 is 41.1 Å². The summed E-state index contributed by atoms with van der Waals surface area (Å²) >= 11 is 0. The van der Waals surface area contributed by atoms with E-state index in [1.165, 1.54) is 0 Å². The topological polar surface area (TPSA) is 17.1 Å². The zero-order valence-electron chi connectivity index (χ0n) is 1.86. The third-order valence-corrected chi connectivity index (χ3v) is 0. The van der Waals surface area contributed by atoms with Crippen LogP contribution in [0.3, 0.4) is 0 Å². The molecule has 0 aliphatic heterocycles. The molecule has 0 bridgehead atoms. The molecule has 0 saturated carbocycles. The fraction of sp³-hybridized carbons (Fsp3) is 0. The van der Waals surface area contributed by atoms with Crippen LogP contribution in [-0.2, 0) is 41.1 Å². The van der Waals surface area contributed by atoms with E-state index in [1.54, 1.807) is 0 Å². The first-order valence-electron chi connectivity index (χ1n) is 0.183. The first-order chi connectivity index (χ1) is 1.00. The second kappa shape index (κ2) is 28.7.